The molecule has 285 valence electrons. The number of hydrogen-bond acceptors (Lipinski definition) is 6. The van der Waals surface area contributed by atoms with Gasteiger partial charge in [0.2, 0.25) is 0 Å². The van der Waals surface area contributed by atoms with Crippen LogP contribution in [0.2, 0.25) is 23.6 Å². The third kappa shape index (κ3) is 6.00. The van der Waals surface area contributed by atoms with Crippen LogP contribution in [0.5, 0.6) is 0 Å². The molecular weight excluding hydrogens is 636 g/mol. The zero-order chi connectivity index (χ0) is 36.2. The van der Waals surface area contributed by atoms with Gasteiger partial charge in [-0.05, 0) is 0 Å². The maximum atomic E-state index is 20.7. The van der Waals surface area contributed by atoms with Gasteiger partial charge in [-0.25, -0.2) is 0 Å². The number of allylic oxidation sites excluding steroid dienone is 2. The van der Waals surface area contributed by atoms with Crippen LogP contribution in [-0.2, 0) is 32.1 Å². The Hall–Kier alpha value is -0.206. The Morgan fingerprint density at radius 2 is 0.979 bits per heavy atom. The summed E-state index contributed by atoms with van der Waals surface area (Å²) in [4.78, 5) is 6.91. The monoisotopic (exact) mass is 718 g/mol. The van der Waals surface area contributed by atoms with Gasteiger partial charge in [-0.1, -0.05) is 0 Å². The van der Waals surface area contributed by atoms with Crippen LogP contribution < -0.4 is 0 Å². The van der Waals surface area contributed by atoms with Gasteiger partial charge in [0.05, 0.1) is 0 Å². The average molecular weight is 718 g/mol. The van der Waals surface area contributed by atoms with Gasteiger partial charge in [-0.2, -0.15) is 0 Å². The predicted molar refractivity (Wildman–Crippen MR) is 200 cm³/mol. The van der Waals surface area contributed by atoms with E-state index in [1.807, 2.05) is 0 Å². The Labute approximate surface area is 286 Å². The van der Waals surface area contributed by atoms with Crippen molar-refractivity contribution < 1.29 is 32.1 Å². The summed E-state index contributed by atoms with van der Waals surface area (Å²) in [6.07, 6.45) is 17.0. The molecule has 0 aromatic heterocycles. The first-order chi connectivity index (χ1) is 21.7. The summed E-state index contributed by atoms with van der Waals surface area (Å²) in [5.74, 6) is 0. The van der Waals surface area contributed by atoms with Crippen LogP contribution in [0.25, 0.3) is 0 Å². The van der Waals surface area contributed by atoms with Crippen LogP contribution in [0.3, 0.4) is 0 Å². The third-order valence-corrected chi connectivity index (χ3v) is 45.1. The van der Waals surface area contributed by atoms with E-state index >= 15 is 3.32 Å². The van der Waals surface area contributed by atoms with Gasteiger partial charge in [0, 0.05) is 0 Å². The van der Waals surface area contributed by atoms with Crippen LogP contribution in [0.1, 0.15) is 159 Å². The van der Waals surface area contributed by atoms with E-state index in [4.69, 9.17) is 18.3 Å². The van der Waals surface area contributed by atoms with Gasteiger partial charge < -0.3 is 0 Å². The normalized spacial score (nSPS) is 38.4. The van der Waals surface area contributed by atoms with E-state index in [9.17, 15) is 0 Å². The van der Waals surface area contributed by atoms with Crippen molar-refractivity contribution in [3.8, 4) is 0 Å². The summed E-state index contributed by atoms with van der Waals surface area (Å²) in [7, 11) is -10.0. The molecule has 3 heterocycles. The predicted octanol–water partition coefficient (Wildman–Crippen LogP) is 13.8. The number of rotatable bonds is 5. The van der Waals surface area contributed by atoms with E-state index in [0.717, 1.165) is 77.0 Å². The van der Waals surface area contributed by atoms with Crippen LogP contribution >= 0.6 is 0 Å². The van der Waals surface area contributed by atoms with Gasteiger partial charge in [0.25, 0.3) is 0 Å². The molecule has 3 saturated heterocycles. The molecule has 7 heteroatoms. The van der Waals surface area contributed by atoms with E-state index in [1.54, 1.807) is 12.2 Å². The fourth-order valence-corrected chi connectivity index (χ4v) is 45.8. The molecule has 0 bridgehead atoms. The van der Waals surface area contributed by atoms with Crippen molar-refractivity contribution in [3.05, 3.63) is 25.3 Å². The van der Waals surface area contributed by atoms with Gasteiger partial charge >= 0.3 is 288 Å². The Bertz CT molecular complexity index is 1460. The summed E-state index contributed by atoms with van der Waals surface area (Å²) in [5.41, 5.74) is -1.68. The number of hydrogen-bond donors (Lipinski definition) is 0. The first-order valence-electron chi connectivity index (χ1n) is 20.2. The van der Waals surface area contributed by atoms with E-state index in [1.165, 1.54) is 0 Å². The second-order valence-corrected chi connectivity index (χ2v) is 50.6. The zero-order valence-corrected chi connectivity index (χ0v) is 35.1. The SMILES string of the molecule is C=C[CH2][Ti]123(=[O])([CH2]C=C)([CH2]C(C)(C)C)([CH2]CCCCCC(C)(C)C[O]1)([CH2]CCCCCC(C)(C)C[O]2)[O]CCCCCCC(C)(C)CO[O]3. The van der Waals surface area contributed by atoms with Gasteiger partial charge in [0.1, 0.15) is 0 Å². The fraction of sp³-hybridized carbons (Fsp3) is 0.902. The first-order valence-corrected chi connectivity index (χ1v) is 28.9. The summed E-state index contributed by atoms with van der Waals surface area (Å²) >= 11 is 0. The topological polar surface area (TPSA) is 63.2 Å². The summed E-state index contributed by atoms with van der Waals surface area (Å²) in [6.45, 7) is 29.2. The molecule has 48 heavy (non-hydrogen) atoms. The molecule has 0 aromatic carbocycles. The molecule has 3 rings (SSSR count). The van der Waals surface area contributed by atoms with Crippen LogP contribution in [0.15, 0.2) is 25.3 Å². The molecule has 0 aromatic rings. The van der Waals surface area contributed by atoms with E-state index in [2.05, 4.69) is 75.5 Å². The molecule has 0 radical (unpaired) electrons. The molecule has 0 aliphatic carbocycles. The molecule has 0 saturated carbocycles. The molecule has 3 aliphatic rings. The third-order valence-electron chi connectivity index (χ3n) is 15.6. The van der Waals surface area contributed by atoms with Crippen molar-refractivity contribution in [1.29, 1.82) is 0 Å². The molecule has 6 nitrogen and oxygen atoms in total. The van der Waals surface area contributed by atoms with E-state index in [-0.39, 0.29) is 66.3 Å². The molecule has 1 spiro atoms. The van der Waals surface area contributed by atoms with E-state index in [0.29, 0.717) is 19.3 Å². The summed E-state index contributed by atoms with van der Waals surface area (Å²) in [6, 6.07) is 0. The van der Waals surface area contributed by atoms with Crippen molar-refractivity contribution in [2.75, 3.05) is 26.4 Å². The molecule has 0 atom stereocenters. The second kappa shape index (κ2) is 9.85. The van der Waals surface area contributed by atoms with Crippen molar-refractivity contribution in [3.63, 3.8) is 0 Å². The molecular formula is C41H81O6Ti. The molecule has 0 unspecified atom stereocenters. The standard InChI is InChI=1S/C10H21O3.2C10H20O.C5H11.2C3H5.O.Ti/c1-10(2,9-13-12)7-5-3-4-6-8-11;2*1-4-5-6-7-8-10(2,3)9-11;1-5(2,3)4;2*1-3-2;;/h12H,3-9H2,1-2H3;2*1,4-9H2,2-3H3;1H2,2-4H3;2*3H,1-2H2;;/q3*-1;;;;;+4/p-1. The van der Waals surface area contributed by atoms with Crippen LogP contribution in [-0.4, -0.2) is 26.4 Å². The second-order valence-electron chi connectivity index (χ2n) is 23.9. The quantitative estimate of drug-likeness (QED) is 0.160. The fourth-order valence-electron chi connectivity index (χ4n) is 13.6. The van der Waals surface area contributed by atoms with Crippen LogP contribution in [0, 0.1) is 21.7 Å². The summed E-state index contributed by atoms with van der Waals surface area (Å²) in [5, 5.41) is 0. The van der Waals surface area contributed by atoms with Crippen molar-refractivity contribution >= 4 is 0 Å². The molecule has 3 aliphatic heterocycles. The first kappa shape index (κ1) is 42.2. The van der Waals surface area contributed by atoms with Gasteiger partial charge in [-0.3, -0.25) is 0 Å². The van der Waals surface area contributed by atoms with Crippen molar-refractivity contribution in [2.24, 2.45) is 21.7 Å². The van der Waals surface area contributed by atoms with E-state index < -0.39 is 15.8 Å². The minimum atomic E-state index is -10.0. The molecule has 0 amide bonds. The Balaban J connectivity index is 2.93. The van der Waals surface area contributed by atoms with Crippen LogP contribution in [0.4, 0.5) is 0 Å². The Morgan fingerprint density at radius 3 is 1.40 bits per heavy atom. The molecule has 3 fully saturated rings. The minimum absolute atomic E-state index is 0.0759. The van der Waals surface area contributed by atoms with Crippen molar-refractivity contribution in [2.45, 2.75) is 182 Å². The maximum absolute atomic E-state index is 20.7. The van der Waals surface area contributed by atoms with Gasteiger partial charge in [0.15, 0.2) is 0 Å². The average Bonchev–Trinajstić information content (AvgIpc) is 2.95. The van der Waals surface area contributed by atoms with Crippen molar-refractivity contribution in [1.82, 2.24) is 0 Å². The Kier molecular flexibility index (Phi) is 8.66. The molecule has 0 N–H and O–H groups in total. The van der Waals surface area contributed by atoms with Gasteiger partial charge in [-0.15, -0.1) is 0 Å². The zero-order valence-electron chi connectivity index (χ0n) is 33.5. The summed E-state index contributed by atoms with van der Waals surface area (Å²) < 4.78 is 52.3. The Morgan fingerprint density at radius 1 is 0.583 bits per heavy atom.